The Hall–Kier alpha value is -2.27. The third-order valence-corrected chi connectivity index (χ3v) is 4.17. The smallest absolute Gasteiger partial charge is 0.323 e. The van der Waals surface area contributed by atoms with Gasteiger partial charge in [0.25, 0.3) is 0 Å². The molecule has 0 heterocycles. The topological polar surface area (TPSA) is 50.4 Å². The average Bonchev–Trinajstić information content (AvgIpc) is 2.61. The predicted octanol–water partition coefficient (Wildman–Crippen LogP) is 6.31. The minimum Gasteiger partial charge on any atom is -0.491 e. The fraction of sp³-hybridized carbons (Fsp3) is 0.286. The van der Waals surface area contributed by atoms with Crippen LogP contribution in [0.5, 0.6) is 5.75 Å². The van der Waals surface area contributed by atoms with Crippen molar-refractivity contribution < 1.29 is 9.53 Å². The number of anilines is 2. The van der Waals surface area contributed by atoms with E-state index in [2.05, 4.69) is 39.6 Å². The lowest BCUT2D eigenvalue weighted by molar-refractivity contribution is 0.261. The van der Waals surface area contributed by atoms with Crippen molar-refractivity contribution in [2.24, 2.45) is 0 Å². The summed E-state index contributed by atoms with van der Waals surface area (Å²) in [5.41, 5.74) is 3.56. The van der Waals surface area contributed by atoms with Gasteiger partial charge in [0.2, 0.25) is 0 Å². The molecule has 26 heavy (non-hydrogen) atoms. The Bertz CT molecular complexity index is 770. The molecule has 138 valence electrons. The Morgan fingerprint density at radius 2 is 1.92 bits per heavy atom. The van der Waals surface area contributed by atoms with E-state index >= 15 is 0 Å². The fourth-order valence-corrected chi connectivity index (χ4v) is 2.94. The number of benzene rings is 2. The van der Waals surface area contributed by atoms with Crippen LogP contribution in [-0.2, 0) is 6.42 Å². The second-order valence-electron chi connectivity index (χ2n) is 6.01. The van der Waals surface area contributed by atoms with Gasteiger partial charge in [-0.3, -0.25) is 0 Å². The molecule has 4 nitrogen and oxygen atoms in total. The van der Waals surface area contributed by atoms with Crippen molar-refractivity contribution in [3.8, 4) is 5.75 Å². The molecule has 0 aliphatic rings. The molecule has 0 radical (unpaired) electrons. The summed E-state index contributed by atoms with van der Waals surface area (Å²) < 4.78 is 6.83. The quantitative estimate of drug-likeness (QED) is 0.519. The molecule has 0 aliphatic heterocycles. The van der Waals surface area contributed by atoms with Gasteiger partial charge < -0.3 is 15.4 Å². The van der Waals surface area contributed by atoms with E-state index < -0.39 is 0 Å². The highest BCUT2D eigenvalue weighted by molar-refractivity contribution is 9.10. The average molecular weight is 417 g/mol. The molecule has 5 heteroatoms. The van der Waals surface area contributed by atoms with Crippen LogP contribution < -0.4 is 15.4 Å². The van der Waals surface area contributed by atoms with Crippen molar-refractivity contribution in [3.63, 3.8) is 0 Å². The van der Waals surface area contributed by atoms with Crippen LogP contribution in [0.1, 0.15) is 31.4 Å². The minimum absolute atomic E-state index is 0.301. The number of hydrogen-bond donors (Lipinski definition) is 2. The molecule has 0 aliphatic carbocycles. The normalized spacial score (nSPS) is 10.8. The van der Waals surface area contributed by atoms with Gasteiger partial charge in [-0.2, -0.15) is 0 Å². The number of urea groups is 1. The van der Waals surface area contributed by atoms with Crippen molar-refractivity contribution in [1.29, 1.82) is 0 Å². The number of rotatable bonds is 7. The lowest BCUT2D eigenvalue weighted by Gasteiger charge is -2.17. The van der Waals surface area contributed by atoms with Gasteiger partial charge in [0.15, 0.2) is 0 Å². The molecule has 2 N–H and O–H groups in total. The first-order chi connectivity index (χ1) is 12.5. The Labute approximate surface area is 163 Å². The van der Waals surface area contributed by atoms with Crippen LogP contribution in [0.25, 0.3) is 0 Å². The third kappa shape index (κ3) is 5.92. The molecule has 2 amide bonds. The van der Waals surface area contributed by atoms with E-state index in [0.29, 0.717) is 18.0 Å². The predicted molar refractivity (Wildman–Crippen MR) is 112 cm³/mol. The van der Waals surface area contributed by atoms with Crippen molar-refractivity contribution in [2.45, 2.75) is 33.6 Å². The molecule has 0 atom stereocenters. The first-order valence-electron chi connectivity index (χ1n) is 8.74. The Kier molecular flexibility index (Phi) is 7.73. The zero-order chi connectivity index (χ0) is 18.9. The summed E-state index contributed by atoms with van der Waals surface area (Å²) in [5, 5.41) is 5.76. The van der Waals surface area contributed by atoms with E-state index in [4.69, 9.17) is 4.74 Å². The summed E-state index contributed by atoms with van der Waals surface area (Å²) >= 11 is 3.52. The third-order valence-electron chi connectivity index (χ3n) is 3.71. The van der Waals surface area contributed by atoms with Gasteiger partial charge in [-0.25, -0.2) is 4.79 Å². The fourth-order valence-electron chi connectivity index (χ4n) is 2.44. The molecular weight excluding hydrogens is 392 g/mol. The number of halogens is 1. The SMILES string of the molecule is C/C=C/Cc1cc(Br)cc(NC(=O)Nc2ccc(C)cc2)c1OCCC. The van der Waals surface area contributed by atoms with Crippen LogP contribution in [0.15, 0.2) is 53.0 Å². The van der Waals surface area contributed by atoms with Gasteiger partial charge in [0, 0.05) is 15.7 Å². The molecule has 2 aromatic carbocycles. The number of aryl methyl sites for hydroxylation is 1. The van der Waals surface area contributed by atoms with Crippen LogP contribution in [0, 0.1) is 6.92 Å². The van der Waals surface area contributed by atoms with Crippen molar-refractivity contribution >= 4 is 33.3 Å². The van der Waals surface area contributed by atoms with Crippen LogP contribution >= 0.6 is 15.9 Å². The van der Waals surface area contributed by atoms with E-state index in [1.165, 1.54) is 0 Å². The lowest BCUT2D eigenvalue weighted by atomic mass is 10.1. The Morgan fingerprint density at radius 3 is 2.58 bits per heavy atom. The number of amides is 2. The summed E-state index contributed by atoms with van der Waals surface area (Å²) in [6.45, 7) is 6.65. The van der Waals surface area contributed by atoms with Crippen molar-refractivity contribution in [1.82, 2.24) is 0 Å². The largest absolute Gasteiger partial charge is 0.491 e. The summed E-state index contributed by atoms with van der Waals surface area (Å²) in [4.78, 5) is 12.4. The molecular formula is C21H25BrN2O2. The second kappa shape index (κ2) is 10.0. The maximum atomic E-state index is 12.4. The van der Waals surface area contributed by atoms with E-state index in [1.807, 2.05) is 56.3 Å². The molecule has 0 saturated heterocycles. The van der Waals surface area contributed by atoms with E-state index in [0.717, 1.165) is 34.1 Å². The minimum atomic E-state index is -0.301. The molecule has 0 fully saturated rings. The molecule has 0 aromatic heterocycles. The maximum absolute atomic E-state index is 12.4. The standard InChI is InChI=1S/C21H25BrN2O2/c1-4-6-7-16-13-17(22)14-19(20(16)26-12-5-2)24-21(25)23-18-10-8-15(3)9-11-18/h4,6,8-11,13-14H,5,7,12H2,1-3H3,(H2,23,24,25)/b6-4+. The maximum Gasteiger partial charge on any atom is 0.323 e. The Balaban J connectivity index is 2.23. The second-order valence-corrected chi connectivity index (χ2v) is 6.92. The summed E-state index contributed by atoms with van der Waals surface area (Å²) in [6, 6.07) is 11.3. The highest BCUT2D eigenvalue weighted by atomic mass is 79.9. The van der Waals surface area contributed by atoms with Gasteiger partial charge in [-0.15, -0.1) is 0 Å². The zero-order valence-electron chi connectivity index (χ0n) is 15.4. The Morgan fingerprint density at radius 1 is 1.19 bits per heavy atom. The molecule has 0 unspecified atom stereocenters. The van der Waals surface area contributed by atoms with Crippen LogP contribution in [0.2, 0.25) is 0 Å². The van der Waals surface area contributed by atoms with E-state index in [9.17, 15) is 4.79 Å². The first-order valence-corrected chi connectivity index (χ1v) is 9.53. The van der Waals surface area contributed by atoms with Gasteiger partial charge in [0.05, 0.1) is 12.3 Å². The van der Waals surface area contributed by atoms with Gasteiger partial charge in [-0.1, -0.05) is 52.7 Å². The number of ether oxygens (including phenoxy) is 1. The van der Waals surface area contributed by atoms with E-state index in [1.54, 1.807) is 0 Å². The lowest BCUT2D eigenvalue weighted by Crippen LogP contribution is -2.20. The number of nitrogens with one attached hydrogen (secondary N) is 2. The summed E-state index contributed by atoms with van der Waals surface area (Å²) in [5.74, 6) is 0.715. The molecule has 2 aromatic rings. The van der Waals surface area contributed by atoms with Crippen molar-refractivity contribution in [2.75, 3.05) is 17.2 Å². The molecule has 0 bridgehead atoms. The summed E-state index contributed by atoms with van der Waals surface area (Å²) in [7, 11) is 0. The highest BCUT2D eigenvalue weighted by Gasteiger charge is 2.14. The summed E-state index contributed by atoms with van der Waals surface area (Å²) in [6.07, 6.45) is 5.70. The van der Waals surface area contributed by atoms with Gasteiger partial charge in [-0.05, 0) is 51.0 Å². The zero-order valence-corrected chi connectivity index (χ0v) is 17.0. The number of carbonyl (C=O) groups is 1. The molecule has 0 saturated carbocycles. The number of hydrogen-bond acceptors (Lipinski definition) is 2. The highest BCUT2D eigenvalue weighted by Crippen LogP contribution is 2.34. The van der Waals surface area contributed by atoms with Gasteiger partial charge >= 0.3 is 6.03 Å². The monoisotopic (exact) mass is 416 g/mol. The molecule has 2 rings (SSSR count). The van der Waals surface area contributed by atoms with E-state index in [-0.39, 0.29) is 6.03 Å². The number of allylic oxidation sites excluding steroid dienone is 2. The first kappa shape index (κ1) is 20.0. The van der Waals surface area contributed by atoms with Crippen molar-refractivity contribution in [3.05, 3.63) is 64.1 Å². The number of carbonyl (C=O) groups excluding carboxylic acids is 1. The van der Waals surface area contributed by atoms with Crippen LogP contribution in [-0.4, -0.2) is 12.6 Å². The van der Waals surface area contributed by atoms with Crippen LogP contribution in [0.3, 0.4) is 0 Å². The van der Waals surface area contributed by atoms with Crippen LogP contribution in [0.4, 0.5) is 16.2 Å². The van der Waals surface area contributed by atoms with Gasteiger partial charge in [0.1, 0.15) is 5.75 Å². The molecule has 0 spiro atoms.